The first-order valence-electron chi connectivity index (χ1n) is 5.05. The van der Waals surface area contributed by atoms with Gasteiger partial charge in [0.25, 0.3) is 0 Å². The van der Waals surface area contributed by atoms with E-state index in [1.54, 1.807) is 0 Å². The van der Waals surface area contributed by atoms with E-state index in [1.807, 2.05) is 6.92 Å². The van der Waals surface area contributed by atoms with Crippen LogP contribution >= 0.6 is 12.6 Å². The molecule has 0 aromatic rings. The van der Waals surface area contributed by atoms with Gasteiger partial charge in [0.1, 0.15) is 0 Å². The maximum absolute atomic E-state index is 8.67. The monoisotopic (exact) mass is 216 g/mol. The number of hydrogen-bond donors (Lipinski definition) is 1. The Balaban J connectivity index is 3.54. The Hall–Kier alpha value is -0.240. The van der Waals surface area contributed by atoms with Gasteiger partial charge in [-0.25, -0.2) is 0 Å². The second-order valence-corrected chi connectivity index (χ2v) is 3.71. The van der Waals surface area contributed by atoms with E-state index in [4.69, 9.17) is 10.00 Å². The van der Waals surface area contributed by atoms with Gasteiger partial charge in [-0.05, 0) is 13.5 Å². The van der Waals surface area contributed by atoms with E-state index in [1.165, 1.54) is 0 Å². The molecule has 0 bridgehead atoms. The lowest BCUT2D eigenvalue weighted by molar-refractivity contribution is 0.114. The molecule has 3 nitrogen and oxygen atoms in total. The molecule has 0 aliphatic heterocycles. The highest BCUT2D eigenvalue weighted by Crippen LogP contribution is 1.97. The van der Waals surface area contributed by atoms with Gasteiger partial charge in [-0.15, -0.1) is 0 Å². The van der Waals surface area contributed by atoms with E-state index in [2.05, 4.69) is 30.5 Å². The second-order valence-electron chi connectivity index (χ2n) is 3.26. The number of nitrogens with zero attached hydrogens (tertiary/aromatic N) is 2. The molecule has 0 aliphatic rings. The number of hydrogen-bond acceptors (Lipinski definition) is 4. The molecule has 0 radical (unpaired) electrons. The van der Waals surface area contributed by atoms with Crippen LogP contribution in [0, 0.1) is 17.2 Å². The average molecular weight is 216 g/mol. The summed E-state index contributed by atoms with van der Waals surface area (Å²) in [5, 5.41) is 8.67. The fourth-order valence-corrected chi connectivity index (χ4v) is 1.30. The lowest BCUT2D eigenvalue weighted by atomic mass is 10.2. The summed E-state index contributed by atoms with van der Waals surface area (Å²) in [6, 6.07) is 2.24. The van der Waals surface area contributed by atoms with Crippen LogP contribution in [0.1, 0.15) is 13.8 Å². The topological polar surface area (TPSA) is 36.3 Å². The highest BCUT2D eigenvalue weighted by Gasteiger charge is 2.06. The SMILES string of the molecule is CCN(CCOCCS)CC(C)C#N. The van der Waals surface area contributed by atoms with Crippen molar-refractivity contribution < 1.29 is 4.74 Å². The van der Waals surface area contributed by atoms with Gasteiger partial charge in [0, 0.05) is 18.8 Å². The van der Waals surface area contributed by atoms with Gasteiger partial charge in [0.15, 0.2) is 0 Å². The highest BCUT2D eigenvalue weighted by molar-refractivity contribution is 7.80. The first-order valence-corrected chi connectivity index (χ1v) is 5.68. The minimum atomic E-state index is 0.0971. The summed E-state index contributed by atoms with van der Waals surface area (Å²) < 4.78 is 5.33. The molecule has 0 aromatic carbocycles. The first-order chi connectivity index (χ1) is 6.74. The van der Waals surface area contributed by atoms with E-state index in [9.17, 15) is 0 Å². The molecular weight excluding hydrogens is 196 g/mol. The van der Waals surface area contributed by atoms with Gasteiger partial charge >= 0.3 is 0 Å². The molecule has 1 unspecified atom stereocenters. The van der Waals surface area contributed by atoms with Crippen molar-refractivity contribution in [3.05, 3.63) is 0 Å². The maximum Gasteiger partial charge on any atom is 0.0666 e. The Morgan fingerprint density at radius 3 is 2.71 bits per heavy atom. The van der Waals surface area contributed by atoms with E-state index < -0.39 is 0 Å². The van der Waals surface area contributed by atoms with Gasteiger partial charge in [-0.2, -0.15) is 17.9 Å². The van der Waals surface area contributed by atoms with Crippen molar-refractivity contribution in [3.8, 4) is 6.07 Å². The van der Waals surface area contributed by atoms with Crippen molar-refractivity contribution >= 4 is 12.6 Å². The molecule has 0 heterocycles. The summed E-state index contributed by atoms with van der Waals surface area (Å²) in [7, 11) is 0. The molecule has 0 saturated heterocycles. The molecule has 0 spiro atoms. The van der Waals surface area contributed by atoms with Crippen LogP contribution in [0.3, 0.4) is 0 Å². The van der Waals surface area contributed by atoms with Crippen molar-refractivity contribution in [1.29, 1.82) is 5.26 Å². The predicted molar refractivity (Wildman–Crippen MR) is 61.6 cm³/mol. The normalized spacial score (nSPS) is 12.8. The lowest BCUT2D eigenvalue weighted by Crippen LogP contribution is -2.31. The molecule has 14 heavy (non-hydrogen) atoms. The van der Waals surface area contributed by atoms with Crippen LogP contribution in [-0.4, -0.2) is 43.5 Å². The van der Waals surface area contributed by atoms with Crippen LogP contribution in [0.5, 0.6) is 0 Å². The van der Waals surface area contributed by atoms with Crippen molar-refractivity contribution in [2.45, 2.75) is 13.8 Å². The summed E-state index contributed by atoms with van der Waals surface area (Å²) in [4.78, 5) is 2.23. The Labute approximate surface area is 92.4 Å². The number of rotatable bonds is 8. The van der Waals surface area contributed by atoms with Crippen molar-refractivity contribution in [1.82, 2.24) is 4.90 Å². The number of ether oxygens (including phenoxy) is 1. The van der Waals surface area contributed by atoms with E-state index >= 15 is 0 Å². The third-order valence-corrected chi connectivity index (χ3v) is 2.17. The largest absolute Gasteiger partial charge is 0.379 e. The zero-order valence-corrected chi connectivity index (χ0v) is 9.96. The molecule has 0 saturated carbocycles. The summed E-state index contributed by atoms with van der Waals surface area (Å²) in [6.07, 6.45) is 0. The van der Waals surface area contributed by atoms with Gasteiger partial charge in [0.2, 0.25) is 0 Å². The zero-order valence-electron chi connectivity index (χ0n) is 9.07. The van der Waals surface area contributed by atoms with Gasteiger partial charge in [0.05, 0.1) is 25.2 Å². The van der Waals surface area contributed by atoms with E-state index in [0.29, 0.717) is 6.61 Å². The Morgan fingerprint density at radius 2 is 2.21 bits per heavy atom. The minimum absolute atomic E-state index is 0.0971. The molecule has 1 atom stereocenters. The molecule has 0 aliphatic carbocycles. The summed E-state index contributed by atoms with van der Waals surface area (Å²) in [5.74, 6) is 0.862. The minimum Gasteiger partial charge on any atom is -0.379 e. The number of nitriles is 1. The highest BCUT2D eigenvalue weighted by atomic mass is 32.1. The molecular formula is C10H20N2OS. The molecule has 0 amide bonds. The van der Waals surface area contributed by atoms with Gasteiger partial charge in [-0.1, -0.05) is 6.92 Å². The molecule has 0 aromatic heterocycles. The molecule has 0 fully saturated rings. The van der Waals surface area contributed by atoms with Crippen LogP contribution < -0.4 is 0 Å². The summed E-state index contributed by atoms with van der Waals surface area (Å²) in [5.41, 5.74) is 0. The van der Waals surface area contributed by atoms with E-state index in [-0.39, 0.29) is 5.92 Å². The second kappa shape index (κ2) is 9.32. The molecule has 0 N–H and O–H groups in total. The van der Waals surface area contributed by atoms with Crippen LogP contribution in [-0.2, 0) is 4.74 Å². The average Bonchev–Trinajstić information content (AvgIpc) is 2.22. The van der Waals surface area contributed by atoms with Crippen molar-refractivity contribution in [2.24, 2.45) is 5.92 Å². The molecule has 82 valence electrons. The Kier molecular flexibility index (Phi) is 9.16. The fourth-order valence-electron chi connectivity index (χ4n) is 1.17. The van der Waals surface area contributed by atoms with Gasteiger partial charge in [-0.3, -0.25) is 0 Å². The van der Waals surface area contributed by atoms with Crippen molar-refractivity contribution in [3.63, 3.8) is 0 Å². The first kappa shape index (κ1) is 13.8. The predicted octanol–water partition coefficient (Wildman–Crippen LogP) is 1.41. The van der Waals surface area contributed by atoms with Gasteiger partial charge < -0.3 is 9.64 Å². The van der Waals surface area contributed by atoms with Crippen LogP contribution in [0.4, 0.5) is 0 Å². The Morgan fingerprint density at radius 1 is 1.50 bits per heavy atom. The number of likely N-dealkylation sites (N-methyl/N-ethyl adjacent to an activating group) is 1. The third-order valence-electron chi connectivity index (χ3n) is 1.99. The molecule has 4 heteroatoms. The lowest BCUT2D eigenvalue weighted by Gasteiger charge is -2.21. The van der Waals surface area contributed by atoms with Crippen LogP contribution in [0.15, 0.2) is 0 Å². The van der Waals surface area contributed by atoms with Crippen molar-refractivity contribution in [2.75, 3.05) is 38.6 Å². The zero-order chi connectivity index (χ0) is 10.8. The standard InChI is InChI=1S/C10H20N2OS/c1-3-12(9-10(2)8-11)4-5-13-6-7-14/h10,14H,3-7,9H2,1-2H3. The van der Waals surface area contributed by atoms with E-state index in [0.717, 1.165) is 32.0 Å². The smallest absolute Gasteiger partial charge is 0.0666 e. The quantitative estimate of drug-likeness (QED) is 0.492. The Bertz CT molecular complexity index is 170. The maximum atomic E-state index is 8.67. The van der Waals surface area contributed by atoms with Crippen LogP contribution in [0.2, 0.25) is 0 Å². The fraction of sp³-hybridized carbons (Fsp3) is 0.900. The van der Waals surface area contributed by atoms with Crippen LogP contribution in [0.25, 0.3) is 0 Å². The summed E-state index contributed by atoms with van der Waals surface area (Å²) >= 11 is 4.06. The summed E-state index contributed by atoms with van der Waals surface area (Å²) in [6.45, 7) is 8.17. The molecule has 0 rings (SSSR count). The third kappa shape index (κ3) is 7.19. The number of thiol groups is 1.